The van der Waals surface area contributed by atoms with Crippen molar-refractivity contribution in [1.82, 2.24) is 10.1 Å². The second kappa shape index (κ2) is 7.66. The molecular weight excluding hydrogens is 360 g/mol. The Labute approximate surface area is 152 Å². The van der Waals surface area contributed by atoms with E-state index in [0.29, 0.717) is 27.7 Å². The molecule has 0 aliphatic rings. The smallest absolute Gasteiger partial charge is 0.338 e. The molecule has 0 saturated heterocycles. The lowest BCUT2D eigenvalue weighted by molar-refractivity contribution is 0.0430. The second-order valence-corrected chi connectivity index (χ2v) is 5.54. The largest absolute Gasteiger partial charge is 0.452 e. The normalized spacial score (nSPS) is 10.3. The van der Waals surface area contributed by atoms with E-state index in [1.165, 1.54) is 24.3 Å². The summed E-state index contributed by atoms with van der Waals surface area (Å²) >= 11 is 6.08. The van der Waals surface area contributed by atoms with E-state index >= 15 is 0 Å². The summed E-state index contributed by atoms with van der Waals surface area (Å²) in [6.45, 7) is -0.183. The molecule has 0 aliphatic carbocycles. The molecule has 0 atom stereocenters. The number of esters is 1. The lowest BCUT2D eigenvalue weighted by atomic mass is 10.2. The van der Waals surface area contributed by atoms with Crippen LogP contribution in [0.5, 0.6) is 0 Å². The van der Waals surface area contributed by atoms with Crippen molar-refractivity contribution in [2.45, 2.75) is 6.61 Å². The molecule has 2 aromatic carbocycles. The maximum atomic E-state index is 12.0. The molecule has 1 heterocycles. The minimum atomic E-state index is -0.689. The number of nitrogens with two attached hydrogens (primary N) is 1. The van der Waals surface area contributed by atoms with Crippen molar-refractivity contribution in [2.75, 3.05) is 5.32 Å². The van der Waals surface area contributed by atoms with Crippen molar-refractivity contribution < 1.29 is 18.8 Å². The Morgan fingerprint density at radius 3 is 2.58 bits per heavy atom. The van der Waals surface area contributed by atoms with Crippen LogP contribution in [-0.2, 0) is 11.3 Å². The highest BCUT2D eigenvalue weighted by Gasteiger charge is 2.14. The number of urea groups is 1. The van der Waals surface area contributed by atoms with Gasteiger partial charge in [-0.05, 0) is 36.4 Å². The number of rotatable bonds is 5. The van der Waals surface area contributed by atoms with Crippen LogP contribution in [0.15, 0.2) is 53.1 Å². The lowest BCUT2D eigenvalue weighted by Gasteiger charge is -2.04. The molecule has 9 heteroatoms. The molecule has 3 N–H and O–H groups in total. The van der Waals surface area contributed by atoms with Gasteiger partial charge < -0.3 is 20.3 Å². The van der Waals surface area contributed by atoms with Gasteiger partial charge in [-0.25, -0.2) is 9.59 Å². The Morgan fingerprint density at radius 1 is 1.15 bits per heavy atom. The average molecular weight is 373 g/mol. The van der Waals surface area contributed by atoms with Gasteiger partial charge in [0.1, 0.15) is 0 Å². The Hall–Kier alpha value is -3.39. The number of ether oxygens (including phenoxy) is 1. The van der Waals surface area contributed by atoms with E-state index in [4.69, 9.17) is 26.6 Å². The molecule has 132 valence electrons. The van der Waals surface area contributed by atoms with Crippen molar-refractivity contribution in [2.24, 2.45) is 5.73 Å². The fraction of sp³-hybridized carbons (Fsp3) is 0.0588. The zero-order valence-corrected chi connectivity index (χ0v) is 14.1. The molecule has 0 bridgehead atoms. The monoisotopic (exact) mass is 372 g/mol. The molecule has 0 spiro atoms. The van der Waals surface area contributed by atoms with E-state index in [1.54, 1.807) is 24.3 Å². The van der Waals surface area contributed by atoms with E-state index in [0.717, 1.165) is 0 Å². The van der Waals surface area contributed by atoms with Crippen LogP contribution >= 0.6 is 11.6 Å². The number of nitrogens with one attached hydrogen (secondary N) is 1. The summed E-state index contributed by atoms with van der Waals surface area (Å²) in [5.41, 5.74) is 6.40. The first-order chi connectivity index (χ1) is 12.5. The number of nitrogens with zero attached hydrogens (tertiary/aromatic N) is 2. The van der Waals surface area contributed by atoms with Crippen LogP contribution in [0.1, 0.15) is 16.2 Å². The van der Waals surface area contributed by atoms with E-state index < -0.39 is 12.0 Å². The average Bonchev–Trinajstić information content (AvgIpc) is 3.09. The van der Waals surface area contributed by atoms with Crippen LogP contribution in [0.3, 0.4) is 0 Å². The zero-order valence-electron chi connectivity index (χ0n) is 13.3. The van der Waals surface area contributed by atoms with Crippen molar-refractivity contribution in [3.05, 3.63) is 65.0 Å². The van der Waals surface area contributed by atoms with Crippen molar-refractivity contribution >= 4 is 29.3 Å². The van der Waals surface area contributed by atoms with Gasteiger partial charge in [0.2, 0.25) is 5.82 Å². The third-order valence-corrected chi connectivity index (χ3v) is 3.63. The van der Waals surface area contributed by atoms with Gasteiger partial charge in [0.05, 0.1) is 10.6 Å². The molecule has 3 rings (SSSR count). The molecule has 0 fully saturated rings. The number of carbonyl (C=O) groups excluding carboxylic acids is 2. The molecule has 0 radical (unpaired) electrons. The van der Waals surface area contributed by atoms with Gasteiger partial charge in [-0.2, -0.15) is 4.98 Å². The Balaban J connectivity index is 1.61. The van der Waals surface area contributed by atoms with E-state index in [1.807, 2.05) is 0 Å². The summed E-state index contributed by atoms with van der Waals surface area (Å²) in [4.78, 5) is 27.0. The van der Waals surface area contributed by atoms with Gasteiger partial charge in [-0.1, -0.05) is 28.9 Å². The van der Waals surface area contributed by atoms with Crippen LogP contribution in [0.25, 0.3) is 11.4 Å². The second-order valence-electron chi connectivity index (χ2n) is 5.13. The number of anilines is 1. The zero-order chi connectivity index (χ0) is 18.5. The third kappa shape index (κ3) is 4.17. The van der Waals surface area contributed by atoms with Gasteiger partial charge >= 0.3 is 12.0 Å². The molecule has 8 nitrogen and oxygen atoms in total. The topological polar surface area (TPSA) is 120 Å². The van der Waals surface area contributed by atoms with Gasteiger partial charge in [-0.3, -0.25) is 0 Å². The van der Waals surface area contributed by atoms with E-state index in [9.17, 15) is 9.59 Å². The molecule has 0 saturated carbocycles. The quantitative estimate of drug-likeness (QED) is 0.663. The molecule has 1 aromatic heterocycles. The fourth-order valence-corrected chi connectivity index (χ4v) is 2.33. The maximum absolute atomic E-state index is 12.0. The molecule has 26 heavy (non-hydrogen) atoms. The molecule has 0 unspecified atom stereocenters. The summed E-state index contributed by atoms with van der Waals surface area (Å²) in [6.07, 6.45) is 0. The number of carbonyl (C=O) groups is 2. The first kappa shape index (κ1) is 17.4. The summed E-state index contributed by atoms with van der Waals surface area (Å²) in [7, 11) is 0. The van der Waals surface area contributed by atoms with Gasteiger partial charge in [0.25, 0.3) is 5.89 Å². The Bertz CT molecular complexity index is 940. The van der Waals surface area contributed by atoms with Crippen LogP contribution in [0.4, 0.5) is 10.5 Å². The molecule has 0 aliphatic heterocycles. The predicted octanol–water partition coefficient (Wildman–Crippen LogP) is 3.24. The summed E-state index contributed by atoms with van der Waals surface area (Å²) in [5, 5.41) is 6.71. The highest BCUT2D eigenvalue weighted by molar-refractivity contribution is 6.33. The number of hydrogen-bond donors (Lipinski definition) is 2. The standard InChI is InChI=1S/C17H13ClN4O4/c18-13-4-2-1-3-12(13)15-21-14(26-22-15)9-25-16(23)10-5-7-11(8-6-10)20-17(19)24/h1-8H,9H2,(H3,19,20,24). The first-order valence-electron chi connectivity index (χ1n) is 7.44. The lowest BCUT2D eigenvalue weighted by Crippen LogP contribution is -2.19. The predicted molar refractivity (Wildman–Crippen MR) is 93.5 cm³/mol. The molecule has 3 aromatic rings. The Morgan fingerprint density at radius 2 is 1.88 bits per heavy atom. The van der Waals surface area contributed by atoms with Crippen molar-refractivity contribution in [3.8, 4) is 11.4 Å². The van der Waals surface area contributed by atoms with Crippen molar-refractivity contribution in [1.29, 1.82) is 0 Å². The number of hydrogen-bond acceptors (Lipinski definition) is 6. The number of primary amides is 1. The van der Waals surface area contributed by atoms with Gasteiger partial charge in [0, 0.05) is 11.3 Å². The summed E-state index contributed by atoms with van der Waals surface area (Å²) < 4.78 is 10.2. The number of benzene rings is 2. The number of aromatic nitrogens is 2. The molecule has 2 amide bonds. The van der Waals surface area contributed by atoms with Crippen LogP contribution in [-0.4, -0.2) is 22.1 Å². The van der Waals surface area contributed by atoms with Crippen LogP contribution in [0, 0.1) is 0 Å². The minimum Gasteiger partial charge on any atom is -0.452 e. The summed E-state index contributed by atoms with van der Waals surface area (Å²) in [5.74, 6) is -0.128. The fourth-order valence-electron chi connectivity index (χ4n) is 2.11. The first-order valence-corrected chi connectivity index (χ1v) is 7.82. The molecular formula is C17H13ClN4O4. The number of amides is 2. The number of halogens is 1. The van der Waals surface area contributed by atoms with Crippen LogP contribution < -0.4 is 11.1 Å². The van der Waals surface area contributed by atoms with E-state index in [-0.39, 0.29) is 12.5 Å². The highest BCUT2D eigenvalue weighted by atomic mass is 35.5. The third-order valence-electron chi connectivity index (χ3n) is 3.30. The highest BCUT2D eigenvalue weighted by Crippen LogP contribution is 2.25. The van der Waals surface area contributed by atoms with Crippen molar-refractivity contribution in [3.63, 3.8) is 0 Å². The van der Waals surface area contributed by atoms with Gasteiger partial charge in [-0.15, -0.1) is 0 Å². The SMILES string of the molecule is NC(=O)Nc1ccc(C(=O)OCc2nc(-c3ccccc3Cl)no2)cc1. The Kier molecular flexibility index (Phi) is 5.14. The maximum Gasteiger partial charge on any atom is 0.338 e. The van der Waals surface area contributed by atoms with E-state index in [2.05, 4.69) is 15.5 Å². The summed E-state index contributed by atoms with van der Waals surface area (Å²) in [6, 6.07) is 12.4. The van der Waals surface area contributed by atoms with Crippen LogP contribution in [0.2, 0.25) is 5.02 Å². The van der Waals surface area contributed by atoms with Gasteiger partial charge in [0.15, 0.2) is 6.61 Å². The minimum absolute atomic E-state index is 0.139.